The third-order valence-electron chi connectivity index (χ3n) is 4.22. The molecule has 1 N–H and O–H groups in total. The third kappa shape index (κ3) is 3.44. The summed E-state index contributed by atoms with van der Waals surface area (Å²) in [5.41, 5.74) is 3.08. The molecule has 2 aromatic carbocycles. The van der Waals surface area contributed by atoms with Gasteiger partial charge in [0.05, 0.1) is 34.0 Å². The minimum Gasteiger partial charge on any atom is -0.497 e. The first-order chi connectivity index (χ1) is 12.5. The van der Waals surface area contributed by atoms with Crippen molar-refractivity contribution < 1.29 is 23.4 Å². The minimum absolute atomic E-state index is 0.140. The van der Waals surface area contributed by atoms with E-state index in [0.29, 0.717) is 28.5 Å². The molecule has 0 aliphatic carbocycles. The summed E-state index contributed by atoms with van der Waals surface area (Å²) in [5.74, 6) is 1.76. The predicted molar refractivity (Wildman–Crippen MR) is 99.4 cm³/mol. The van der Waals surface area contributed by atoms with E-state index >= 15 is 0 Å². The Morgan fingerprint density at radius 3 is 2.46 bits per heavy atom. The van der Waals surface area contributed by atoms with Crippen molar-refractivity contribution in [3.8, 4) is 17.2 Å². The highest BCUT2D eigenvalue weighted by atomic mass is 16.5. The third-order valence-corrected chi connectivity index (χ3v) is 4.22. The molecule has 6 heteroatoms. The molecule has 0 bridgehead atoms. The Morgan fingerprint density at radius 2 is 1.77 bits per heavy atom. The van der Waals surface area contributed by atoms with Crippen LogP contribution in [-0.2, 0) is 11.2 Å². The fourth-order valence-corrected chi connectivity index (χ4v) is 2.81. The van der Waals surface area contributed by atoms with Crippen molar-refractivity contribution in [3.63, 3.8) is 0 Å². The number of hydrogen-bond donors (Lipinski definition) is 1. The molecule has 6 nitrogen and oxygen atoms in total. The van der Waals surface area contributed by atoms with E-state index in [9.17, 15) is 4.79 Å². The number of aryl methyl sites for hydroxylation is 1. The van der Waals surface area contributed by atoms with Gasteiger partial charge in [-0.05, 0) is 30.7 Å². The van der Waals surface area contributed by atoms with Gasteiger partial charge in [-0.1, -0.05) is 0 Å². The molecule has 0 fully saturated rings. The van der Waals surface area contributed by atoms with Crippen LogP contribution in [0.15, 0.2) is 41.0 Å². The van der Waals surface area contributed by atoms with Crippen LogP contribution >= 0.6 is 0 Å². The van der Waals surface area contributed by atoms with Crippen molar-refractivity contribution in [1.82, 2.24) is 0 Å². The van der Waals surface area contributed by atoms with E-state index in [-0.39, 0.29) is 12.3 Å². The van der Waals surface area contributed by atoms with Gasteiger partial charge in [-0.25, -0.2) is 0 Å². The van der Waals surface area contributed by atoms with Gasteiger partial charge < -0.3 is 23.9 Å². The second kappa shape index (κ2) is 7.39. The minimum atomic E-state index is -0.140. The number of nitrogens with one attached hydrogen (secondary N) is 1. The first-order valence-electron chi connectivity index (χ1n) is 8.12. The average Bonchev–Trinajstić information content (AvgIpc) is 3.04. The largest absolute Gasteiger partial charge is 0.497 e. The molecule has 0 atom stereocenters. The number of benzene rings is 2. The van der Waals surface area contributed by atoms with Crippen molar-refractivity contribution in [3.05, 3.63) is 47.7 Å². The van der Waals surface area contributed by atoms with E-state index in [1.807, 2.05) is 25.1 Å². The highest BCUT2D eigenvalue weighted by Crippen LogP contribution is 2.33. The fourth-order valence-electron chi connectivity index (χ4n) is 2.81. The van der Waals surface area contributed by atoms with Crippen molar-refractivity contribution in [2.24, 2.45) is 0 Å². The first kappa shape index (κ1) is 17.7. The Labute approximate surface area is 151 Å². The highest BCUT2D eigenvalue weighted by Gasteiger charge is 2.14. The Hall–Kier alpha value is -3.15. The van der Waals surface area contributed by atoms with Crippen LogP contribution in [0.2, 0.25) is 0 Å². The number of carbonyl (C=O) groups is 1. The van der Waals surface area contributed by atoms with Gasteiger partial charge in [-0.2, -0.15) is 0 Å². The highest BCUT2D eigenvalue weighted by molar-refractivity contribution is 5.96. The van der Waals surface area contributed by atoms with Gasteiger partial charge in [0.1, 0.15) is 11.3 Å². The van der Waals surface area contributed by atoms with Crippen LogP contribution in [-0.4, -0.2) is 27.2 Å². The normalized spacial score (nSPS) is 10.6. The SMILES string of the molecule is COc1ccc2c(CC(=O)Nc3cc(OC)c(OC)cc3C)coc2c1. The summed E-state index contributed by atoms with van der Waals surface area (Å²) in [6.45, 7) is 1.90. The maximum Gasteiger partial charge on any atom is 0.228 e. The quantitative estimate of drug-likeness (QED) is 0.725. The summed E-state index contributed by atoms with van der Waals surface area (Å²) in [6.07, 6.45) is 1.80. The van der Waals surface area contributed by atoms with Gasteiger partial charge in [0.25, 0.3) is 0 Å². The van der Waals surface area contributed by atoms with E-state index in [0.717, 1.165) is 16.5 Å². The average molecular weight is 355 g/mol. The lowest BCUT2D eigenvalue weighted by atomic mass is 10.1. The van der Waals surface area contributed by atoms with E-state index in [2.05, 4.69) is 5.32 Å². The Kier molecular flexibility index (Phi) is 5.02. The Bertz CT molecular complexity index is 945. The number of amides is 1. The molecule has 0 unspecified atom stereocenters. The van der Waals surface area contributed by atoms with Crippen LogP contribution < -0.4 is 19.5 Å². The zero-order chi connectivity index (χ0) is 18.7. The van der Waals surface area contributed by atoms with Gasteiger partial charge in [0, 0.05) is 28.8 Å². The first-order valence-corrected chi connectivity index (χ1v) is 8.12. The van der Waals surface area contributed by atoms with E-state index < -0.39 is 0 Å². The molecule has 0 spiro atoms. The zero-order valence-electron chi connectivity index (χ0n) is 15.2. The monoisotopic (exact) mass is 355 g/mol. The van der Waals surface area contributed by atoms with Gasteiger partial charge in [-0.3, -0.25) is 4.79 Å². The summed E-state index contributed by atoms with van der Waals surface area (Å²) < 4.78 is 21.3. The molecule has 0 radical (unpaired) electrons. The van der Waals surface area contributed by atoms with E-state index in [4.69, 9.17) is 18.6 Å². The second-order valence-corrected chi connectivity index (χ2v) is 5.87. The van der Waals surface area contributed by atoms with Crippen molar-refractivity contribution >= 4 is 22.6 Å². The topological polar surface area (TPSA) is 69.9 Å². The van der Waals surface area contributed by atoms with Crippen LogP contribution in [0.5, 0.6) is 17.2 Å². The smallest absolute Gasteiger partial charge is 0.228 e. The zero-order valence-corrected chi connectivity index (χ0v) is 15.2. The second-order valence-electron chi connectivity index (χ2n) is 5.87. The number of fused-ring (bicyclic) bond motifs is 1. The molecule has 0 saturated heterocycles. The van der Waals surface area contributed by atoms with Crippen molar-refractivity contribution in [2.45, 2.75) is 13.3 Å². The molecule has 0 aliphatic rings. The maximum absolute atomic E-state index is 12.5. The standard InChI is InChI=1S/C20H21NO5/c1-12-7-18(24-3)19(25-4)10-16(12)21-20(22)8-13-11-26-17-9-14(23-2)5-6-15(13)17/h5-7,9-11H,8H2,1-4H3,(H,21,22). The molecule has 1 heterocycles. The molecule has 26 heavy (non-hydrogen) atoms. The van der Waals surface area contributed by atoms with Crippen molar-refractivity contribution in [2.75, 3.05) is 26.6 Å². The van der Waals surface area contributed by atoms with Gasteiger partial charge in [0.15, 0.2) is 11.5 Å². The lowest BCUT2D eigenvalue weighted by Crippen LogP contribution is -2.15. The van der Waals surface area contributed by atoms with Crippen LogP contribution in [0, 0.1) is 6.92 Å². The summed E-state index contributed by atoms with van der Waals surface area (Å²) in [7, 11) is 4.74. The number of ether oxygens (including phenoxy) is 3. The maximum atomic E-state index is 12.5. The number of anilines is 1. The summed E-state index contributed by atoms with van der Waals surface area (Å²) >= 11 is 0. The van der Waals surface area contributed by atoms with E-state index in [1.54, 1.807) is 39.7 Å². The molecular weight excluding hydrogens is 334 g/mol. The van der Waals surface area contributed by atoms with Crippen LogP contribution in [0.4, 0.5) is 5.69 Å². The molecule has 1 amide bonds. The Balaban J connectivity index is 1.79. The lowest BCUT2D eigenvalue weighted by molar-refractivity contribution is -0.115. The number of hydrogen-bond acceptors (Lipinski definition) is 5. The molecule has 3 rings (SSSR count). The summed E-state index contributed by atoms with van der Waals surface area (Å²) in [6, 6.07) is 9.12. The number of furan rings is 1. The lowest BCUT2D eigenvalue weighted by Gasteiger charge is -2.13. The molecule has 136 valence electrons. The number of rotatable bonds is 6. The van der Waals surface area contributed by atoms with Gasteiger partial charge >= 0.3 is 0 Å². The van der Waals surface area contributed by atoms with Gasteiger partial charge in [-0.15, -0.1) is 0 Å². The van der Waals surface area contributed by atoms with Crippen LogP contribution in [0.3, 0.4) is 0 Å². The molecule has 0 aliphatic heterocycles. The van der Waals surface area contributed by atoms with Crippen LogP contribution in [0.1, 0.15) is 11.1 Å². The van der Waals surface area contributed by atoms with Gasteiger partial charge in [0.2, 0.25) is 5.91 Å². The Morgan fingerprint density at radius 1 is 1.04 bits per heavy atom. The van der Waals surface area contributed by atoms with Crippen molar-refractivity contribution in [1.29, 1.82) is 0 Å². The summed E-state index contributed by atoms with van der Waals surface area (Å²) in [4.78, 5) is 12.5. The van der Waals surface area contributed by atoms with Crippen LogP contribution in [0.25, 0.3) is 11.0 Å². The molecule has 0 saturated carbocycles. The number of carbonyl (C=O) groups excluding carboxylic acids is 1. The predicted octanol–water partition coefficient (Wildman–Crippen LogP) is 3.95. The van der Waals surface area contributed by atoms with E-state index in [1.165, 1.54) is 0 Å². The fraction of sp³-hybridized carbons (Fsp3) is 0.250. The molecular formula is C20H21NO5. The summed E-state index contributed by atoms with van der Waals surface area (Å²) in [5, 5.41) is 3.81. The molecule has 1 aromatic heterocycles. The number of methoxy groups -OCH3 is 3. The molecule has 3 aromatic rings.